The molecular weight excluding hydrogens is 730 g/mol. The summed E-state index contributed by atoms with van der Waals surface area (Å²) in [4.78, 5) is 60.0. The zero-order valence-corrected chi connectivity index (χ0v) is 31.7. The molecule has 0 aliphatic carbocycles. The number of hydrogen-bond donors (Lipinski definition) is 2. The number of benzene rings is 2. The summed E-state index contributed by atoms with van der Waals surface area (Å²) in [6.45, 7) is 11.5. The maximum absolute atomic E-state index is 14.9. The molecule has 0 radical (unpaired) electrons. The number of allylic oxidation sites excluding steroid dienone is 1. The van der Waals surface area contributed by atoms with Crippen molar-refractivity contribution in [2.75, 3.05) is 26.9 Å². The van der Waals surface area contributed by atoms with E-state index in [0.29, 0.717) is 18.4 Å². The van der Waals surface area contributed by atoms with Crippen LogP contribution in [0.5, 0.6) is 0 Å². The fraction of sp³-hybridized carbons (Fsp3) is 0.500. The molecule has 3 aliphatic heterocycles. The molecule has 1 unspecified atom stereocenters. The SMILES string of the molecule is C=CCCC(=O)N[C@@H](COC)[C@@H](OC(=O)[C@H]1[C@@H]2O[C@@]3(CC2Br)[C@@H]1C(=O)N([C@@H](CO)C(C)C)[C@@H]3C(=O)N(CC=C)Cc1ccccc1)c1ccccc1. The van der Waals surface area contributed by atoms with Crippen molar-refractivity contribution in [1.82, 2.24) is 15.1 Å². The molecule has 3 saturated heterocycles. The summed E-state index contributed by atoms with van der Waals surface area (Å²) >= 11 is 3.74. The normalized spacial score (nSPS) is 26.4. The number of rotatable bonds is 18. The fourth-order valence-electron chi connectivity index (χ4n) is 8.08. The second-order valence-corrected chi connectivity index (χ2v) is 15.3. The largest absolute Gasteiger partial charge is 0.455 e. The maximum atomic E-state index is 14.9. The standard InChI is InChI=1S/C40H50BrN3O8/c1-6-8-19-31(46)42-29(24-50-5)34(27-17-13-10-14-18-27)51-39(49)32-33-37(47)44(30(23-45)25(3)4)36(40(33)21-28(41)35(32)52-40)38(48)43(20-7-2)22-26-15-11-9-12-16-26/h6-7,9-18,25,28-30,32-36,45H,1-2,8,19-24H2,3-5H3,(H,42,46)/t28?,29-,30-,32+,33-,34-,35+,36+,40-/m0/s1. The van der Waals surface area contributed by atoms with E-state index in [1.54, 1.807) is 29.2 Å². The van der Waals surface area contributed by atoms with Crippen LogP contribution in [0.2, 0.25) is 0 Å². The zero-order valence-electron chi connectivity index (χ0n) is 30.1. The van der Waals surface area contributed by atoms with Gasteiger partial charge in [-0.1, -0.05) is 103 Å². The van der Waals surface area contributed by atoms with Crippen LogP contribution in [0, 0.1) is 17.8 Å². The Balaban J connectivity index is 1.54. The monoisotopic (exact) mass is 779 g/mol. The molecule has 52 heavy (non-hydrogen) atoms. The molecule has 3 fully saturated rings. The van der Waals surface area contributed by atoms with Gasteiger partial charge < -0.3 is 34.4 Å². The van der Waals surface area contributed by atoms with Gasteiger partial charge in [-0.05, 0) is 29.9 Å². The summed E-state index contributed by atoms with van der Waals surface area (Å²) < 4.78 is 18.6. The van der Waals surface area contributed by atoms with Crippen molar-refractivity contribution in [2.45, 2.75) is 80.4 Å². The molecular formula is C40H50BrN3O8. The molecule has 9 atom stereocenters. The molecule has 1 spiro atoms. The van der Waals surface area contributed by atoms with E-state index in [1.807, 2.05) is 62.4 Å². The number of likely N-dealkylation sites (tertiary alicyclic amines) is 1. The minimum absolute atomic E-state index is 0.0438. The number of carbonyl (C=O) groups is 4. The van der Waals surface area contributed by atoms with Gasteiger partial charge in [0.15, 0.2) is 0 Å². The molecule has 11 nitrogen and oxygen atoms in total. The van der Waals surface area contributed by atoms with Crippen molar-refractivity contribution in [3.05, 3.63) is 97.1 Å². The van der Waals surface area contributed by atoms with Gasteiger partial charge in [-0.3, -0.25) is 19.2 Å². The topological polar surface area (TPSA) is 135 Å². The summed E-state index contributed by atoms with van der Waals surface area (Å²) in [7, 11) is 1.50. The number of esters is 1. The van der Waals surface area contributed by atoms with Crippen LogP contribution in [-0.2, 0) is 39.9 Å². The van der Waals surface area contributed by atoms with Gasteiger partial charge in [-0.15, -0.1) is 13.2 Å². The van der Waals surface area contributed by atoms with Crippen LogP contribution in [0.1, 0.15) is 50.3 Å². The molecule has 2 aromatic carbocycles. The van der Waals surface area contributed by atoms with Crippen LogP contribution in [0.15, 0.2) is 86.0 Å². The van der Waals surface area contributed by atoms with Gasteiger partial charge in [0.1, 0.15) is 17.7 Å². The molecule has 280 valence electrons. The van der Waals surface area contributed by atoms with Gasteiger partial charge in [-0.25, -0.2) is 0 Å². The van der Waals surface area contributed by atoms with Crippen LogP contribution in [0.3, 0.4) is 0 Å². The van der Waals surface area contributed by atoms with E-state index in [9.17, 15) is 24.3 Å². The number of nitrogens with zero attached hydrogens (tertiary/aromatic N) is 2. The van der Waals surface area contributed by atoms with Crippen molar-refractivity contribution >= 4 is 39.6 Å². The minimum atomic E-state index is -1.37. The Morgan fingerprint density at radius 2 is 1.79 bits per heavy atom. The first-order valence-electron chi connectivity index (χ1n) is 17.9. The smallest absolute Gasteiger partial charge is 0.313 e. The number of ether oxygens (including phenoxy) is 3. The van der Waals surface area contributed by atoms with Crippen LogP contribution < -0.4 is 5.32 Å². The van der Waals surface area contributed by atoms with Crippen molar-refractivity contribution in [1.29, 1.82) is 0 Å². The first-order chi connectivity index (χ1) is 25.0. The Morgan fingerprint density at radius 1 is 1.12 bits per heavy atom. The van der Waals surface area contributed by atoms with E-state index >= 15 is 0 Å². The molecule has 0 aromatic heterocycles. The molecule has 2 bridgehead atoms. The fourth-order valence-corrected chi connectivity index (χ4v) is 9.03. The number of carbonyl (C=O) groups excluding carboxylic acids is 4. The summed E-state index contributed by atoms with van der Waals surface area (Å²) in [5.41, 5.74) is 0.155. The third-order valence-corrected chi connectivity index (χ3v) is 11.3. The molecule has 12 heteroatoms. The highest BCUT2D eigenvalue weighted by atomic mass is 79.9. The van der Waals surface area contributed by atoms with Crippen molar-refractivity contribution in [2.24, 2.45) is 17.8 Å². The Hall–Kier alpha value is -3.84. The Morgan fingerprint density at radius 3 is 2.38 bits per heavy atom. The lowest BCUT2D eigenvalue weighted by atomic mass is 9.70. The number of aliphatic hydroxyl groups is 1. The number of alkyl halides is 1. The Bertz CT molecular complexity index is 1590. The molecule has 2 aromatic rings. The minimum Gasteiger partial charge on any atom is -0.455 e. The van der Waals surface area contributed by atoms with Crippen LogP contribution in [0.4, 0.5) is 0 Å². The van der Waals surface area contributed by atoms with Gasteiger partial charge in [0.2, 0.25) is 17.7 Å². The number of hydrogen-bond acceptors (Lipinski definition) is 8. The van der Waals surface area contributed by atoms with E-state index in [4.69, 9.17) is 14.2 Å². The number of methoxy groups -OCH3 is 1. The quantitative estimate of drug-likeness (QED) is 0.130. The van der Waals surface area contributed by atoms with Gasteiger partial charge >= 0.3 is 5.97 Å². The molecule has 3 heterocycles. The lowest BCUT2D eigenvalue weighted by Crippen LogP contribution is -2.59. The molecule has 0 saturated carbocycles. The number of fused-ring (bicyclic) bond motifs is 1. The lowest BCUT2D eigenvalue weighted by Gasteiger charge is -2.40. The third-order valence-electron chi connectivity index (χ3n) is 10.4. The van der Waals surface area contributed by atoms with Crippen LogP contribution >= 0.6 is 15.9 Å². The third kappa shape index (κ3) is 7.76. The molecule has 3 amide bonds. The lowest BCUT2D eigenvalue weighted by molar-refractivity contribution is -0.163. The number of aliphatic hydroxyl groups excluding tert-OH is 1. The molecule has 5 rings (SSSR count). The highest BCUT2D eigenvalue weighted by Crippen LogP contribution is 2.61. The molecule has 2 N–H and O–H groups in total. The highest BCUT2D eigenvalue weighted by molar-refractivity contribution is 9.09. The number of halogens is 1. The average molecular weight is 781 g/mol. The van der Waals surface area contributed by atoms with E-state index in [-0.39, 0.29) is 55.3 Å². The predicted molar refractivity (Wildman–Crippen MR) is 199 cm³/mol. The van der Waals surface area contributed by atoms with Crippen LogP contribution in [0.25, 0.3) is 0 Å². The van der Waals surface area contributed by atoms with Gasteiger partial charge in [0.05, 0.1) is 43.2 Å². The zero-order chi connectivity index (χ0) is 37.6. The van der Waals surface area contributed by atoms with Crippen LogP contribution in [-0.4, -0.2) is 100 Å². The summed E-state index contributed by atoms with van der Waals surface area (Å²) in [6, 6.07) is 16.0. The maximum Gasteiger partial charge on any atom is 0.313 e. The Labute approximate surface area is 314 Å². The van der Waals surface area contributed by atoms with Gasteiger partial charge in [0, 0.05) is 31.4 Å². The summed E-state index contributed by atoms with van der Waals surface area (Å²) in [5, 5.41) is 13.6. The highest BCUT2D eigenvalue weighted by Gasteiger charge is 2.77. The number of amides is 3. The van der Waals surface area contributed by atoms with Gasteiger partial charge in [-0.2, -0.15) is 0 Å². The first-order valence-corrected chi connectivity index (χ1v) is 18.8. The predicted octanol–water partition coefficient (Wildman–Crippen LogP) is 4.35. The summed E-state index contributed by atoms with van der Waals surface area (Å²) in [6.07, 6.45) is 2.51. The van der Waals surface area contributed by atoms with Crippen molar-refractivity contribution in [3.63, 3.8) is 0 Å². The Kier molecular flexibility index (Phi) is 13.1. The van der Waals surface area contributed by atoms with E-state index < -0.39 is 59.6 Å². The first kappa shape index (κ1) is 39.4. The second kappa shape index (κ2) is 17.3. The van der Waals surface area contributed by atoms with Crippen molar-refractivity contribution in [3.8, 4) is 0 Å². The van der Waals surface area contributed by atoms with E-state index in [2.05, 4.69) is 34.4 Å². The molecule has 3 aliphatic rings. The van der Waals surface area contributed by atoms with Crippen molar-refractivity contribution < 1.29 is 38.5 Å². The number of nitrogens with one attached hydrogen (secondary N) is 1. The average Bonchev–Trinajstić information content (AvgIpc) is 3.73. The van der Waals surface area contributed by atoms with E-state index in [0.717, 1.165) is 5.56 Å². The summed E-state index contributed by atoms with van der Waals surface area (Å²) in [5.74, 6) is -4.07. The second-order valence-electron chi connectivity index (χ2n) is 14.1. The van der Waals surface area contributed by atoms with Gasteiger partial charge in [0.25, 0.3) is 0 Å². The van der Waals surface area contributed by atoms with E-state index in [1.165, 1.54) is 12.0 Å².